The number of fused-ring (bicyclic) bond motifs is 5. The van der Waals surface area contributed by atoms with E-state index in [4.69, 9.17) is 9.98 Å². The molecule has 0 saturated carbocycles. The average Bonchev–Trinajstić information content (AvgIpc) is 3.83. The maximum Gasteiger partial charge on any atom is 0.161 e. The van der Waals surface area contributed by atoms with E-state index in [1.165, 1.54) is 72.0 Å². The third-order valence-corrected chi connectivity index (χ3v) is 11.7. The van der Waals surface area contributed by atoms with Crippen LogP contribution < -0.4 is 0 Å². The van der Waals surface area contributed by atoms with Crippen LogP contribution >= 0.6 is 0 Å². The topological polar surface area (TPSA) is 42.0 Å². The Labute approximate surface area is 339 Å². The summed E-state index contributed by atoms with van der Waals surface area (Å²) in [4.78, 5) is 14.2. The molecule has 0 aliphatic heterocycles. The molecule has 1 atom stereocenters. The highest BCUT2D eigenvalue weighted by atomic mass is 15.0. The monoisotopic (exact) mass is 746 g/mol. The SMILES string of the molecule is C=NC(=NC(=NCc1ccc(-c2cc(C)cc3c2CC2=C3C=CCC2c2cccc3c2c2ccccc2n3-c2ccccc2)cc1)c1ccccc1)c1ccccc1. The Morgan fingerprint density at radius 1 is 0.672 bits per heavy atom. The summed E-state index contributed by atoms with van der Waals surface area (Å²) >= 11 is 0. The molecule has 4 nitrogen and oxygen atoms in total. The van der Waals surface area contributed by atoms with Gasteiger partial charge in [-0.15, -0.1) is 0 Å². The van der Waals surface area contributed by atoms with E-state index in [0.29, 0.717) is 24.1 Å². The van der Waals surface area contributed by atoms with Crippen molar-refractivity contribution in [1.82, 2.24) is 4.57 Å². The van der Waals surface area contributed by atoms with Crippen molar-refractivity contribution < 1.29 is 0 Å². The molecule has 7 aromatic carbocycles. The zero-order valence-electron chi connectivity index (χ0n) is 32.5. The summed E-state index contributed by atoms with van der Waals surface area (Å²) < 4.78 is 2.43. The van der Waals surface area contributed by atoms with Crippen LogP contribution in [0.4, 0.5) is 0 Å². The van der Waals surface area contributed by atoms with Gasteiger partial charge in [0.25, 0.3) is 0 Å². The number of aromatic nitrogens is 1. The smallest absolute Gasteiger partial charge is 0.161 e. The number of hydrogen-bond donors (Lipinski definition) is 0. The molecule has 4 heteroatoms. The summed E-state index contributed by atoms with van der Waals surface area (Å²) in [5.41, 5.74) is 17.6. The van der Waals surface area contributed by atoms with Crippen molar-refractivity contribution in [3.8, 4) is 16.8 Å². The number of allylic oxidation sites excluding steroid dienone is 4. The molecule has 0 N–H and O–H groups in total. The van der Waals surface area contributed by atoms with E-state index in [9.17, 15) is 0 Å². The summed E-state index contributed by atoms with van der Waals surface area (Å²) in [6.45, 7) is 6.52. The zero-order chi connectivity index (χ0) is 39.0. The van der Waals surface area contributed by atoms with Gasteiger partial charge in [0.2, 0.25) is 0 Å². The van der Waals surface area contributed by atoms with Gasteiger partial charge in [0, 0.05) is 33.5 Å². The molecular weight excluding hydrogens is 705 g/mol. The number of benzene rings is 7. The summed E-state index contributed by atoms with van der Waals surface area (Å²) in [5.74, 6) is 1.47. The molecule has 8 aromatic rings. The normalized spacial score (nSPS) is 15.2. The van der Waals surface area contributed by atoms with Crippen molar-refractivity contribution in [1.29, 1.82) is 0 Å². The van der Waals surface area contributed by atoms with E-state index in [0.717, 1.165) is 29.5 Å². The van der Waals surface area contributed by atoms with Crippen molar-refractivity contribution in [2.75, 3.05) is 0 Å². The first-order valence-electron chi connectivity index (χ1n) is 20.1. The molecule has 0 spiro atoms. The van der Waals surface area contributed by atoms with E-state index in [1.54, 1.807) is 0 Å². The Morgan fingerprint density at radius 2 is 1.33 bits per heavy atom. The number of nitrogens with zero attached hydrogens (tertiary/aromatic N) is 4. The van der Waals surface area contributed by atoms with Gasteiger partial charge in [0.1, 0.15) is 0 Å². The summed E-state index contributed by atoms with van der Waals surface area (Å²) in [6, 6.07) is 60.3. The number of hydrogen-bond acceptors (Lipinski definition) is 1. The van der Waals surface area contributed by atoms with Gasteiger partial charge < -0.3 is 4.57 Å². The highest BCUT2D eigenvalue weighted by molar-refractivity contribution is 6.13. The Bertz CT molecular complexity index is 2970. The zero-order valence-corrected chi connectivity index (χ0v) is 32.5. The maximum atomic E-state index is 5.02. The molecule has 0 fully saturated rings. The molecule has 1 aromatic heterocycles. The van der Waals surface area contributed by atoms with Gasteiger partial charge >= 0.3 is 0 Å². The Hall–Kier alpha value is -7.17. The van der Waals surface area contributed by atoms with Crippen LogP contribution in [0.2, 0.25) is 0 Å². The third kappa shape index (κ3) is 6.33. The highest BCUT2D eigenvalue weighted by Crippen LogP contribution is 2.50. The van der Waals surface area contributed by atoms with Crippen molar-refractivity contribution >= 4 is 45.8 Å². The number of rotatable bonds is 7. The van der Waals surface area contributed by atoms with Gasteiger partial charge in [-0.25, -0.2) is 9.98 Å². The van der Waals surface area contributed by atoms with Crippen LogP contribution in [0.1, 0.15) is 51.3 Å². The minimum absolute atomic E-state index is 0.291. The first kappa shape index (κ1) is 35.3. The minimum Gasteiger partial charge on any atom is -0.309 e. The van der Waals surface area contributed by atoms with Gasteiger partial charge in [-0.1, -0.05) is 163 Å². The van der Waals surface area contributed by atoms with E-state index >= 15 is 0 Å². The number of aryl methyl sites for hydroxylation is 1. The Balaban J connectivity index is 0.982. The van der Waals surface area contributed by atoms with Crippen molar-refractivity contribution in [3.05, 3.63) is 227 Å². The van der Waals surface area contributed by atoms with E-state index in [1.807, 2.05) is 60.7 Å². The molecule has 1 heterocycles. The number of amidine groups is 2. The molecule has 0 amide bonds. The maximum absolute atomic E-state index is 5.02. The summed E-state index contributed by atoms with van der Waals surface area (Å²) in [6.07, 6.45) is 6.71. The predicted octanol–water partition coefficient (Wildman–Crippen LogP) is 12.9. The fourth-order valence-corrected chi connectivity index (χ4v) is 9.06. The lowest BCUT2D eigenvalue weighted by atomic mass is 9.80. The molecule has 0 saturated heterocycles. The van der Waals surface area contributed by atoms with Crippen LogP contribution in [-0.4, -0.2) is 23.0 Å². The molecule has 1 unspecified atom stereocenters. The molecule has 10 rings (SSSR count). The molecule has 58 heavy (non-hydrogen) atoms. The van der Waals surface area contributed by atoms with Gasteiger partial charge in [-0.3, -0.25) is 4.99 Å². The standard InChI is InChI=1S/C54H42N4/c1-36-32-46(38-30-28-37(29-31-38)35-56-54(40-18-8-4-9-19-40)57-53(55-2)39-16-6-3-7-17-39)49-34-48-42(23-14-24-43(48)47(49)33-36)44-25-15-27-51-52(44)45-22-12-13-26-50(45)58(51)41-20-10-5-11-21-41/h3-22,24-33,42H,2,23,34-35H2,1H3. The molecule has 0 radical (unpaired) electrons. The third-order valence-electron chi connectivity index (χ3n) is 11.7. The molecule has 0 bridgehead atoms. The summed E-state index contributed by atoms with van der Waals surface area (Å²) in [5, 5.41) is 2.67. The minimum atomic E-state index is 0.291. The van der Waals surface area contributed by atoms with Crippen molar-refractivity contribution in [3.63, 3.8) is 0 Å². The predicted molar refractivity (Wildman–Crippen MR) is 244 cm³/mol. The van der Waals surface area contributed by atoms with Crippen LogP contribution in [0.3, 0.4) is 0 Å². The largest absolute Gasteiger partial charge is 0.309 e. The lowest BCUT2D eigenvalue weighted by Gasteiger charge is -2.23. The lowest BCUT2D eigenvalue weighted by molar-refractivity contribution is 0.791. The van der Waals surface area contributed by atoms with Crippen molar-refractivity contribution in [2.24, 2.45) is 15.0 Å². The van der Waals surface area contributed by atoms with Gasteiger partial charge in [-0.05, 0) is 95.3 Å². The first-order valence-corrected chi connectivity index (χ1v) is 20.1. The second kappa shape index (κ2) is 15.1. The van der Waals surface area contributed by atoms with E-state index in [-0.39, 0.29) is 0 Å². The fourth-order valence-electron chi connectivity index (χ4n) is 9.06. The summed E-state index contributed by atoms with van der Waals surface area (Å²) in [7, 11) is 0. The van der Waals surface area contributed by atoms with Crippen LogP contribution in [0.5, 0.6) is 0 Å². The molecule has 2 aliphatic carbocycles. The van der Waals surface area contributed by atoms with E-state index < -0.39 is 0 Å². The van der Waals surface area contributed by atoms with Gasteiger partial charge in [0.15, 0.2) is 11.7 Å². The molecule has 278 valence electrons. The van der Waals surface area contributed by atoms with Crippen LogP contribution in [0, 0.1) is 6.92 Å². The van der Waals surface area contributed by atoms with Crippen molar-refractivity contribution in [2.45, 2.75) is 32.2 Å². The van der Waals surface area contributed by atoms with Gasteiger partial charge in [0.05, 0.1) is 17.6 Å². The quantitative estimate of drug-likeness (QED) is 0.115. The number of aliphatic imine (C=N–C) groups is 3. The highest BCUT2D eigenvalue weighted by Gasteiger charge is 2.32. The molecular formula is C54H42N4. The average molecular weight is 747 g/mol. The van der Waals surface area contributed by atoms with Crippen LogP contribution in [0.25, 0.3) is 44.2 Å². The van der Waals surface area contributed by atoms with Crippen LogP contribution in [-0.2, 0) is 13.0 Å². The Morgan fingerprint density at radius 3 is 2.07 bits per heavy atom. The Kier molecular flexibility index (Phi) is 9.15. The van der Waals surface area contributed by atoms with Crippen LogP contribution in [0.15, 0.2) is 203 Å². The first-order chi connectivity index (χ1) is 28.6. The number of para-hydroxylation sites is 2. The molecule has 2 aliphatic rings. The second-order valence-electron chi connectivity index (χ2n) is 15.2. The second-order valence-corrected chi connectivity index (χ2v) is 15.2. The van der Waals surface area contributed by atoms with E-state index in [2.05, 4.69) is 145 Å². The van der Waals surface area contributed by atoms with Gasteiger partial charge in [-0.2, -0.15) is 0 Å². The fraction of sp³-hybridized carbons (Fsp3) is 0.0926. The lowest BCUT2D eigenvalue weighted by Crippen LogP contribution is -2.07.